The van der Waals surface area contributed by atoms with E-state index in [2.05, 4.69) is 88.2 Å². The standard InChI is InChI=1S/C32H42N8/c1-6-12-29(40-17-15-38(5)16-18-40)30-23(4)34-32(35-30)31-26-20-27(33-21-28(26)36-37-31)25(8-3)19-24(7-2)22-39-13-10-9-11-14-39/h6-8,12,19-21H,1-2,9-11,13-18,22H2,3-5H3,(H,34,35)(H,36,37)/b24-19+,25-8+,29-12+. The van der Waals surface area contributed by atoms with Crippen molar-refractivity contribution in [1.29, 1.82) is 0 Å². The summed E-state index contributed by atoms with van der Waals surface area (Å²) in [5.74, 6) is 0.745. The number of aromatic nitrogens is 5. The lowest BCUT2D eigenvalue weighted by atomic mass is 10.0. The highest BCUT2D eigenvalue weighted by molar-refractivity contribution is 5.93. The number of rotatable bonds is 9. The van der Waals surface area contributed by atoms with Crippen molar-refractivity contribution in [3.05, 3.63) is 78.5 Å². The number of nitrogens with one attached hydrogen (secondary N) is 2. The van der Waals surface area contributed by atoms with Crippen LogP contribution in [-0.2, 0) is 0 Å². The highest BCUT2D eigenvalue weighted by atomic mass is 15.3. The minimum absolute atomic E-state index is 0.745. The minimum atomic E-state index is 0.745. The molecule has 5 heterocycles. The number of likely N-dealkylation sites (tertiary alicyclic amines) is 1. The number of aryl methyl sites for hydroxylation is 1. The number of hydrogen-bond acceptors (Lipinski definition) is 6. The number of allylic oxidation sites excluding steroid dienone is 5. The van der Waals surface area contributed by atoms with Gasteiger partial charge in [0.2, 0.25) is 0 Å². The summed E-state index contributed by atoms with van der Waals surface area (Å²) < 4.78 is 0. The van der Waals surface area contributed by atoms with Crippen molar-refractivity contribution >= 4 is 22.2 Å². The number of hydrogen-bond donors (Lipinski definition) is 2. The monoisotopic (exact) mass is 538 g/mol. The van der Waals surface area contributed by atoms with Gasteiger partial charge in [0.05, 0.1) is 23.1 Å². The van der Waals surface area contributed by atoms with Gasteiger partial charge < -0.3 is 14.8 Å². The summed E-state index contributed by atoms with van der Waals surface area (Å²) in [4.78, 5) is 20.6. The zero-order valence-corrected chi connectivity index (χ0v) is 24.2. The average Bonchev–Trinajstić information content (AvgIpc) is 3.57. The molecular formula is C32H42N8. The summed E-state index contributed by atoms with van der Waals surface area (Å²) in [6.45, 7) is 19.4. The summed E-state index contributed by atoms with van der Waals surface area (Å²) >= 11 is 0. The molecule has 0 aliphatic carbocycles. The Balaban J connectivity index is 1.45. The second-order valence-electron chi connectivity index (χ2n) is 10.8. The third kappa shape index (κ3) is 6.03. The maximum Gasteiger partial charge on any atom is 0.159 e. The Hall–Kier alpha value is -3.75. The van der Waals surface area contributed by atoms with E-state index in [-0.39, 0.29) is 0 Å². The summed E-state index contributed by atoms with van der Waals surface area (Å²) in [7, 11) is 2.17. The largest absolute Gasteiger partial charge is 0.367 e. The van der Waals surface area contributed by atoms with Gasteiger partial charge in [0, 0.05) is 43.8 Å². The number of imidazole rings is 1. The Kier molecular flexibility index (Phi) is 8.77. The van der Waals surface area contributed by atoms with Crippen LogP contribution in [-0.4, -0.2) is 92.7 Å². The molecule has 0 saturated carbocycles. The number of aromatic amines is 2. The number of nitrogens with zero attached hydrogens (tertiary/aromatic N) is 6. The number of piperidine rings is 1. The maximum absolute atomic E-state index is 5.06. The van der Waals surface area contributed by atoms with Crippen LogP contribution < -0.4 is 0 Å². The third-order valence-corrected chi connectivity index (χ3v) is 7.98. The molecule has 8 heteroatoms. The van der Waals surface area contributed by atoms with Gasteiger partial charge in [-0.1, -0.05) is 37.8 Å². The highest BCUT2D eigenvalue weighted by Crippen LogP contribution is 2.30. The Bertz CT molecular complexity index is 1440. The molecule has 0 amide bonds. The van der Waals surface area contributed by atoms with Crippen LogP contribution in [0.3, 0.4) is 0 Å². The molecule has 0 unspecified atom stereocenters. The van der Waals surface area contributed by atoms with Crippen molar-refractivity contribution in [1.82, 2.24) is 39.8 Å². The summed E-state index contributed by atoms with van der Waals surface area (Å²) in [6, 6.07) is 2.11. The van der Waals surface area contributed by atoms with Crippen molar-refractivity contribution in [3.63, 3.8) is 0 Å². The van der Waals surface area contributed by atoms with Crippen LogP contribution in [0.5, 0.6) is 0 Å². The van der Waals surface area contributed by atoms with Crippen LogP contribution in [0.2, 0.25) is 0 Å². The maximum atomic E-state index is 5.06. The van der Waals surface area contributed by atoms with Gasteiger partial charge in [-0.15, -0.1) is 0 Å². The van der Waals surface area contributed by atoms with Crippen molar-refractivity contribution < 1.29 is 0 Å². The molecule has 5 rings (SSSR count). The molecule has 0 aromatic carbocycles. The predicted molar refractivity (Wildman–Crippen MR) is 166 cm³/mol. The van der Waals surface area contributed by atoms with Gasteiger partial charge in [0.25, 0.3) is 0 Å². The van der Waals surface area contributed by atoms with Crippen LogP contribution in [0.15, 0.2) is 61.4 Å². The van der Waals surface area contributed by atoms with E-state index in [1.54, 1.807) is 0 Å². The van der Waals surface area contributed by atoms with E-state index in [9.17, 15) is 0 Å². The van der Waals surface area contributed by atoms with Gasteiger partial charge in [-0.05, 0) is 76.2 Å². The van der Waals surface area contributed by atoms with Crippen LogP contribution in [0.1, 0.15) is 43.3 Å². The zero-order chi connectivity index (χ0) is 28.1. The van der Waals surface area contributed by atoms with Crippen LogP contribution in [0.4, 0.5) is 0 Å². The first-order chi connectivity index (χ1) is 19.5. The van der Waals surface area contributed by atoms with Crippen molar-refractivity contribution in [2.45, 2.75) is 33.1 Å². The molecule has 0 spiro atoms. The SMILES string of the molecule is C=C/C=C(\c1nc(-c2n[nH]c3cnc(C(/C=C(\C=C)CN4CCCCC4)=C/C)cc23)[nH]c1C)N1CCN(C)CC1. The predicted octanol–water partition coefficient (Wildman–Crippen LogP) is 5.43. The van der Waals surface area contributed by atoms with Gasteiger partial charge >= 0.3 is 0 Å². The molecule has 40 heavy (non-hydrogen) atoms. The van der Waals surface area contributed by atoms with Crippen molar-refractivity contribution in [3.8, 4) is 11.5 Å². The van der Waals surface area contributed by atoms with Gasteiger partial charge in [-0.25, -0.2) is 4.98 Å². The summed E-state index contributed by atoms with van der Waals surface area (Å²) in [5, 5.41) is 8.79. The smallest absolute Gasteiger partial charge is 0.159 e. The molecule has 8 nitrogen and oxygen atoms in total. The van der Waals surface area contributed by atoms with E-state index in [4.69, 9.17) is 9.97 Å². The molecular weight excluding hydrogens is 496 g/mol. The lowest BCUT2D eigenvalue weighted by Gasteiger charge is -2.35. The first-order valence-corrected chi connectivity index (χ1v) is 14.4. The molecule has 2 aliphatic heterocycles. The van der Waals surface area contributed by atoms with E-state index in [1.807, 2.05) is 18.3 Å². The van der Waals surface area contributed by atoms with Crippen molar-refractivity contribution in [2.24, 2.45) is 0 Å². The second kappa shape index (κ2) is 12.6. The van der Waals surface area contributed by atoms with E-state index in [0.717, 1.165) is 96.6 Å². The minimum Gasteiger partial charge on any atom is -0.367 e. The lowest BCUT2D eigenvalue weighted by molar-refractivity contribution is 0.207. The average molecular weight is 539 g/mol. The van der Waals surface area contributed by atoms with Crippen LogP contribution in [0, 0.1) is 6.92 Å². The fourth-order valence-corrected chi connectivity index (χ4v) is 5.62. The van der Waals surface area contributed by atoms with Crippen molar-refractivity contribution in [2.75, 3.05) is 52.9 Å². The first kappa shape index (κ1) is 27.8. The fourth-order valence-electron chi connectivity index (χ4n) is 5.62. The Labute approximate surface area is 237 Å². The molecule has 0 atom stereocenters. The van der Waals surface area contributed by atoms with E-state index in [0.29, 0.717) is 0 Å². The van der Waals surface area contributed by atoms with Crippen LogP contribution in [0.25, 0.3) is 33.7 Å². The van der Waals surface area contributed by atoms with Crippen LogP contribution >= 0.6 is 0 Å². The molecule has 0 bridgehead atoms. The number of pyridine rings is 1. The number of H-pyrrole nitrogens is 2. The quantitative estimate of drug-likeness (QED) is 0.354. The number of fused-ring (bicyclic) bond motifs is 1. The molecule has 210 valence electrons. The molecule has 2 aliphatic rings. The molecule has 2 saturated heterocycles. The summed E-state index contributed by atoms with van der Waals surface area (Å²) in [5.41, 5.74) is 7.91. The normalized spacial score (nSPS) is 18.5. The van der Waals surface area contributed by atoms with Gasteiger partial charge in [0.15, 0.2) is 5.82 Å². The number of likely N-dealkylation sites (N-methyl/N-ethyl adjacent to an activating group) is 1. The van der Waals surface area contributed by atoms with E-state index >= 15 is 0 Å². The molecule has 3 aromatic heterocycles. The Morgan fingerprint density at radius 1 is 1.07 bits per heavy atom. The molecule has 2 N–H and O–H groups in total. The third-order valence-electron chi connectivity index (χ3n) is 7.98. The molecule has 3 aromatic rings. The Morgan fingerprint density at radius 3 is 2.55 bits per heavy atom. The van der Waals surface area contributed by atoms with Gasteiger partial charge in [-0.3, -0.25) is 15.0 Å². The van der Waals surface area contributed by atoms with Gasteiger partial charge in [-0.2, -0.15) is 5.10 Å². The first-order valence-electron chi connectivity index (χ1n) is 14.4. The zero-order valence-electron chi connectivity index (χ0n) is 24.2. The summed E-state index contributed by atoms with van der Waals surface area (Å²) in [6.07, 6.45) is 16.0. The number of piperazine rings is 1. The highest BCUT2D eigenvalue weighted by Gasteiger charge is 2.23. The lowest BCUT2D eigenvalue weighted by Crippen LogP contribution is -2.43. The second-order valence-corrected chi connectivity index (χ2v) is 10.8. The van der Waals surface area contributed by atoms with E-state index < -0.39 is 0 Å². The molecule has 0 radical (unpaired) electrons. The topological polar surface area (TPSA) is 80.0 Å². The fraction of sp³-hybridized carbons (Fsp3) is 0.406. The Morgan fingerprint density at radius 2 is 1.85 bits per heavy atom. The van der Waals surface area contributed by atoms with E-state index in [1.165, 1.54) is 24.8 Å². The van der Waals surface area contributed by atoms with Gasteiger partial charge in [0.1, 0.15) is 11.4 Å². The molecule has 2 fully saturated rings.